The lowest BCUT2D eigenvalue weighted by Crippen LogP contribution is -2.31. The Morgan fingerprint density at radius 3 is 2.66 bits per heavy atom. The van der Waals surface area contributed by atoms with Crippen LogP contribution in [0.25, 0.3) is 11.0 Å². The van der Waals surface area contributed by atoms with Crippen molar-refractivity contribution >= 4 is 39.9 Å². The lowest BCUT2D eigenvalue weighted by Gasteiger charge is -2.26. The highest BCUT2D eigenvalue weighted by molar-refractivity contribution is 6.31. The molecule has 1 atom stereocenters. The predicted molar refractivity (Wildman–Crippen MR) is 123 cm³/mol. The Labute approximate surface area is 201 Å². The number of fused-ring (bicyclic) bond motifs is 1. The molecule has 35 heavy (non-hydrogen) atoms. The van der Waals surface area contributed by atoms with Gasteiger partial charge >= 0.3 is 0 Å². The Kier molecular flexibility index (Phi) is 5.49. The number of nitrogens with zero attached hydrogens (tertiary/aromatic N) is 2. The summed E-state index contributed by atoms with van der Waals surface area (Å²) in [7, 11) is 1.41. The van der Waals surface area contributed by atoms with Crippen molar-refractivity contribution in [2.75, 3.05) is 12.0 Å². The Bertz CT molecular complexity index is 1530. The number of hydrogen-bond acceptors (Lipinski definition) is 6. The summed E-state index contributed by atoms with van der Waals surface area (Å²) in [6.45, 7) is 0. The highest BCUT2D eigenvalue weighted by atomic mass is 35.5. The third kappa shape index (κ3) is 3.70. The quantitative estimate of drug-likeness (QED) is 0.364. The van der Waals surface area contributed by atoms with E-state index in [0.717, 1.165) is 17.0 Å². The molecule has 4 aromatic rings. The maximum Gasteiger partial charge on any atom is 0.294 e. The first-order chi connectivity index (χ1) is 16.8. The number of pyridine rings is 1. The predicted octanol–water partition coefficient (Wildman–Crippen LogP) is 5.55. The SMILES string of the molecule is COc1cc(Cl)cc2cc(C(=O)C3=C(O)C(=O)N(c4ccc(F)c(F)c4)C3c3cccnc3)oc12. The number of ether oxygens (including phenoxy) is 1. The molecule has 3 heterocycles. The monoisotopic (exact) mass is 496 g/mol. The zero-order valence-electron chi connectivity index (χ0n) is 18.0. The number of anilines is 1. The number of benzene rings is 2. The standard InChI is InChI=1S/C25H15ClF2N2O5/c1-34-19-9-14(26)7-13-8-18(35-24(13)19)22(31)20-21(12-3-2-6-29-11-12)30(25(33)23(20)32)15-4-5-16(27)17(28)10-15/h2-11,21,32H,1H3. The second-order valence-corrected chi connectivity index (χ2v) is 8.13. The van der Waals surface area contributed by atoms with Gasteiger partial charge in [-0.1, -0.05) is 17.7 Å². The van der Waals surface area contributed by atoms with Crippen LogP contribution in [0, 0.1) is 11.6 Å². The molecule has 2 aromatic carbocycles. The van der Waals surface area contributed by atoms with Crippen molar-refractivity contribution in [1.29, 1.82) is 0 Å². The van der Waals surface area contributed by atoms with Crippen molar-refractivity contribution in [1.82, 2.24) is 4.98 Å². The maximum atomic E-state index is 14.0. The largest absolute Gasteiger partial charge is 0.503 e. The number of methoxy groups -OCH3 is 1. The van der Waals surface area contributed by atoms with Gasteiger partial charge < -0.3 is 14.3 Å². The fraction of sp³-hybridized carbons (Fsp3) is 0.0800. The van der Waals surface area contributed by atoms with Crippen LogP contribution in [0.5, 0.6) is 5.75 Å². The number of furan rings is 1. The van der Waals surface area contributed by atoms with Crippen LogP contribution < -0.4 is 9.64 Å². The number of hydrogen-bond donors (Lipinski definition) is 1. The van der Waals surface area contributed by atoms with Gasteiger partial charge in [-0.2, -0.15) is 0 Å². The molecule has 0 saturated carbocycles. The Balaban J connectivity index is 1.66. The fourth-order valence-corrected chi connectivity index (χ4v) is 4.29. The van der Waals surface area contributed by atoms with E-state index in [0.29, 0.717) is 21.7 Å². The molecular weight excluding hydrogens is 482 g/mol. The molecule has 0 aliphatic carbocycles. The summed E-state index contributed by atoms with van der Waals surface area (Å²) in [6.07, 6.45) is 2.89. The van der Waals surface area contributed by atoms with Crippen molar-refractivity contribution in [2.45, 2.75) is 6.04 Å². The fourth-order valence-electron chi connectivity index (χ4n) is 4.07. The molecule has 0 spiro atoms. The average molecular weight is 497 g/mol. The van der Waals surface area contributed by atoms with E-state index in [9.17, 15) is 23.5 Å². The topological polar surface area (TPSA) is 92.9 Å². The minimum atomic E-state index is -1.19. The van der Waals surface area contributed by atoms with E-state index in [1.165, 1.54) is 37.7 Å². The van der Waals surface area contributed by atoms with Gasteiger partial charge in [-0.15, -0.1) is 0 Å². The Morgan fingerprint density at radius 2 is 1.97 bits per heavy atom. The molecule has 1 amide bonds. The summed E-state index contributed by atoms with van der Waals surface area (Å²) in [5.74, 6) is -4.80. The lowest BCUT2D eigenvalue weighted by molar-refractivity contribution is -0.117. The van der Waals surface area contributed by atoms with Crippen LogP contribution in [-0.2, 0) is 4.79 Å². The number of ketones is 1. The number of carbonyl (C=O) groups is 2. The summed E-state index contributed by atoms with van der Waals surface area (Å²) in [5.41, 5.74) is 0.238. The van der Waals surface area contributed by atoms with Crippen LogP contribution in [-0.4, -0.2) is 28.9 Å². The van der Waals surface area contributed by atoms with Crippen LogP contribution in [0.15, 0.2) is 76.7 Å². The van der Waals surface area contributed by atoms with Crippen LogP contribution in [0.3, 0.4) is 0 Å². The normalized spacial score (nSPS) is 15.8. The van der Waals surface area contributed by atoms with Crippen LogP contribution >= 0.6 is 11.6 Å². The zero-order valence-corrected chi connectivity index (χ0v) is 18.7. The molecule has 1 unspecified atom stereocenters. The first-order valence-corrected chi connectivity index (χ1v) is 10.6. The van der Waals surface area contributed by atoms with E-state index in [2.05, 4.69) is 4.98 Å². The molecule has 0 bridgehead atoms. The Morgan fingerprint density at radius 1 is 1.17 bits per heavy atom. The highest BCUT2D eigenvalue weighted by Gasteiger charge is 2.45. The second kappa shape index (κ2) is 8.52. The van der Waals surface area contributed by atoms with Crippen molar-refractivity contribution in [3.63, 3.8) is 0 Å². The summed E-state index contributed by atoms with van der Waals surface area (Å²) < 4.78 is 38.6. The molecule has 2 aromatic heterocycles. The first kappa shape index (κ1) is 22.5. The van der Waals surface area contributed by atoms with Crippen molar-refractivity contribution in [3.05, 3.63) is 100 Å². The number of rotatable bonds is 5. The summed E-state index contributed by atoms with van der Waals surface area (Å²) >= 11 is 6.10. The smallest absolute Gasteiger partial charge is 0.294 e. The molecule has 5 rings (SSSR count). The molecule has 10 heteroatoms. The van der Waals surface area contributed by atoms with Gasteiger partial charge in [-0.05, 0) is 35.9 Å². The summed E-state index contributed by atoms with van der Waals surface area (Å²) in [4.78, 5) is 31.8. The molecule has 1 aliphatic rings. The van der Waals surface area contributed by atoms with Gasteiger partial charge in [0.15, 0.2) is 34.5 Å². The highest BCUT2D eigenvalue weighted by Crippen LogP contribution is 2.43. The van der Waals surface area contributed by atoms with Crippen molar-refractivity contribution in [3.8, 4) is 5.75 Å². The van der Waals surface area contributed by atoms with Crippen LogP contribution in [0.1, 0.15) is 22.2 Å². The number of carbonyl (C=O) groups excluding carboxylic acids is 2. The third-order valence-corrected chi connectivity index (χ3v) is 5.84. The Hall–Kier alpha value is -4.24. The first-order valence-electron chi connectivity index (χ1n) is 10.2. The molecule has 0 fully saturated rings. The summed E-state index contributed by atoms with van der Waals surface area (Å²) in [6, 6.07) is 9.31. The number of halogens is 3. The molecular formula is C25H15ClF2N2O5. The molecule has 0 radical (unpaired) electrons. The van der Waals surface area contributed by atoms with E-state index in [-0.39, 0.29) is 22.6 Å². The van der Waals surface area contributed by atoms with E-state index >= 15 is 0 Å². The van der Waals surface area contributed by atoms with Gasteiger partial charge in [-0.25, -0.2) is 8.78 Å². The van der Waals surface area contributed by atoms with Gasteiger partial charge in [0, 0.05) is 40.6 Å². The lowest BCUT2D eigenvalue weighted by atomic mass is 9.96. The number of aliphatic hydroxyl groups excluding tert-OH is 1. The minimum Gasteiger partial charge on any atom is -0.503 e. The number of Topliss-reactive ketones (excluding diaryl/α,β-unsaturated/α-hetero) is 1. The molecule has 176 valence electrons. The summed E-state index contributed by atoms with van der Waals surface area (Å²) in [5, 5.41) is 11.6. The van der Waals surface area contributed by atoms with Gasteiger partial charge in [0.1, 0.15) is 0 Å². The van der Waals surface area contributed by atoms with E-state index in [4.69, 9.17) is 20.8 Å². The molecule has 1 aliphatic heterocycles. The van der Waals surface area contributed by atoms with E-state index < -0.39 is 35.1 Å². The number of amides is 1. The van der Waals surface area contributed by atoms with E-state index in [1.54, 1.807) is 18.2 Å². The van der Waals surface area contributed by atoms with Crippen molar-refractivity contribution < 1.29 is 32.6 Å². The zero-order chi connectivity index (χ0) is 24.9. The number of aromatic nitrogens is 1. The van der Waals surface area contributed by atoms with Crippen molar-refractivity contribution in [2.24, 2.45) is 0 Å². The van der Waals surface area contributed by atoms with Crippen LogP contribution in [0.2, 0.25) is 5.02 Å². The molecule has 0 saturated heterocycles. The van der Waals surface area contributed by atoms with Gasteiger partial charge in [-0.3, -0.25) is 19.5 Å². The molecule has 7 nitrogen and oxygen atoms in total. The maximum absolute atomic E-state index is 14.0. The van der Waals surface area contributed by atoms with Gasteiger partial charge in [0.25, 0.3) is 5.91 Å². The van der Waals surface area contributed by atoms with Crippen LogP contribution in [0.4, 0.5) is 14.5 Å². The number of aliphatic hydroxyl groups is 1. The average Bonchev–Trinajstić information content (AvgIpc) is 3.39. The van der Waals surface area contributed by atoms with Gasteiger partial charge in [0.2, 0.25) is 5.78 Å². The van der Waals surface area contributed by atoms with E-state index in [1.807, 2.05) is 0 Å². The minimum absolute atomic E-state index is 0.0600. The third-order valence-electron chi connectivity index (χ3n) is 5.62. The van der Waals surface area contributed by atoms with Gasteiger partial charge in [0.05, 0.1) is 18.7 Å². The second-order valence-electron chi connectivity index (χ2n) is 7.69. The molecule has 1 N–H and O–H groups in total.